The number of methoxy groups -OCH3 is 1. The quantitative estimate of drug-likeness (QED) is 0.215. The molecule has 1 aromatic heterocycles. The Labute approximate surface area is 219 Å². The van der Waals surface area contributed by atoms with Crippen LogP contribution in [0.5, 0.6) is 5.75 Å². The maximum absolute atomic E-state index is 12.3. The molecular weight excluding hydrogens is 486 g/mol. The highest BCUT2D eigenvalue weighted by atomic mass is 35.5. The van der Waals surface area contributed by atoms with Crippen LogP contribution in [-0.4, -0.2) is 23.3 Å². The standard InChI is InChI=1S/C29H24ClN5O2/c1-37-24-16-6-19(7-17-24)18-27-25-4-2-3-5-26(25)28(35-34-27)31-21-12-14-23(15-13-21)33-29(36)32-22-10-8-20(30)9-11-22/h2-17H,18H2,1H3,(H,31,35)(H2,32,33,36). The van der Waals surface area contributed by atoms with Crippen LogP contribution in [0.4, 0.5) is 27.7 Å². The molecule has 0 unspecified atom stereocenters. The molecular formula is C29H24ClN5O2. The molecule has 4 aromatic carbocycles. The minimum Gasteiger partial charge on any atom is -0.497 e. The molecule has 0 radical (unpaired) electrons. The Bertz CT molecular complexity index is 1520. The van der Waals surface area contributed by atoms with Gasteiger partial charge in [-0.2, -0.15) is 5.10 Å². The van der Waals surface area contributed by atoms with E-state index >= 15 is 0 Å². The molecule has 7 nitrogen and oxygen atoms in total. The lowest BCUT2D eigenvalue weighted by Crippen LogP contribution is -2.19. The molecule has 0 spiro atoms. The Balaban J connectivity index is 1.28. The predicted octanol–water partition coefficient (Wildman–Crippen LogP) is 7.27. The highest BCUT2D eigenvalue weighted by molar-refractivity contribution is 6.30. The summed E-state index contributed by atoms with van der Waals surface area (Å²) in [5.74, 6) is 1.48. The Kier molecular flexibility index (Phi) is 7.14. The molecule has 0 aliphatic heterocycles. The number of nitrogens with zero attached hydrogens (tertiary/aromatic N) is 2. The minimum atomic E-state index is -0.340. The van der Waals surface area contributed by atoms with Gasteiger partial charge in [0.25, 0.3) is 0 Å². The zero-order chi connectivity index (χ0) is 25.6. The van der Waals surface area contributed by atoms with Gasteiger partial charge in [0.1, 0.15) is 5.75 Å². The van der Waals surface area contributed by atoms with Gasteiger partial charge < -0.3 is 20.7 Å². The van der Waals surface area contributed by atoms with Crippen LogP contribution in [0, 0.1) is 0 Å². The molecule has 37 heavy (non-hydrogen) atoms. The van der Waals surface area contributed by atoms with E-state index in [1.807, 2.05) is 66.7 Å². The summed E-state index contributed by atoms with van der Waals surface area (Å²) < 4.78 is 5.25. The largest absolute Gasteiger partial charge is 0.497 e. The number of carbonyl (C=O) groups excluding carboxylic acids is 1. The van der Waals surface area contributed by atoms with Gasteiger partial charge in [0, 0.05) is 39.3 Å². The molecule has 1 heterocycles. The number of hydrogen-bond donors (Lipinski definition) is 3. The second kappa shape index (κ2) is 11.0. The molecule has 0 bridgehead atoms. The second-order valence-electron chi connectivity index (χ2n) is 8.35. The zero-order valence-corrected chi connectivity index (χ0v) is 20.8. The average molecular weight is 510 g/mol. The topological polar surface area (TPSA) is 88.2 Å². The number of carbonyl (C=O) groups is 1. The summed E-state index contributed by atoms with van der Waals surface area (Å²) in [5, 5.41) is 20.6. The molecule has 5 rings (SSSR count). The minimum absolute atomic E-state index is 0.340. The van der Waals surface area contributed by atoms with Crippen molar-refractivity contribution >= 4 is 51.3 Å². The molecule has 0 aliphatic rings. The lowest BCUT2D eigenvalue weighted by molar-refractivity contribution is 0.262. The molecule has 0 atom stereocenters. The van der Waals surface area contributed by atoms with Gasteiger partial charge >= 0.3 is 6.03 Å². The monoisotopic (exact) mass is 509 g/mol. The first-order valence-corrected chi connectivity index (χ1v) is 12.0. The number of benzene rings is 4. The number of hydrogen-bond acceptors (Lipinski definition) is 5. The van der Waals surface area contributed by atoms with E-state index in [4.69, 9.17) is 16.3 Å². The molecule has 184 valence electrons. The van der Waals surface area contributed by atoms with Crippen LogP contribution in [0.1, 0.15) is 11.3 Å². The van der Waals surface area contributed by atoms with Crippen molar-refractivity contribution in [2.45, 2.75) is 6.42 Å². The van der Waals surface area contributed by atoms with Gasteiger partial charge in [-0.3, -0.25) is 0 Å². The molecule has 0 fully saturated rings. The first-order chi connectivity index (χ1) is 18.1. The Hall–Kier alpha value is -4.62. The third-order valence-corrected chi connectivity index (χ3v) is 6.05. The van der Waals surface area contributed by atoms with Crippen molar-refractivity contribution in [3.8, 4) is 5.75 Å². The number of urea groups is 1. The number of amides is 2. The Morgan fingerprint density at radius 3 is 2.00 bits per heavy atom. The summed E-state index contributed by atoms with van der Waals surface area (Å²) in [4.78, 5) is 12.3. The van der Waals surface area contributed by atoms with Crippen LogP contribution < -0.4 is 20.7 Å². The van der Waals surface area contributed by atoms with Crippen LogP contribution in [-0.2, 0) is 6.42 Å². The summed E-state index contributed by atoms with van der Waals surface area (Å²) in [6.45, 7) is 0. The van der Waals surface area contributed by atoms with E-state index in [1.165, 1.54) is 0 Å². The van der Waals surface area contributed by atoms with Gasteiger partial charge in [-0.15, -0.1) is 5.10 Å². The highest BCUT2D eigenvalue weighted by Gasteiger charge is 2.11. The van der Waals surface area contributed by atoms with E-state index in [0.717, 1.165) is 33.5 Å². The molecule has 0 saturated carbocycles. The van der Waals surface area contributed by atoms with E-state index in [-0.39, 0.29) is 6.03 Å². The maximum atomic E-state index is 12.3. The van der Waals surface area contributed by atoms with Crippen molar-refractivity contribution in [1.29, 1.82) is 0 Å². The number of halogens is 1. The lowest BCUT2D eigenvalue weighted by Gasteiger charge is -2.12. The first-order valence-electron chi connectivity index (χ1n) is 11.7. The van der Waals surface area contributed by atoms with Crippen molar-refractivity contribution in [3.63, 3.8) is 0 Å². The zero-order valence-electron chi connectivity index (χ0n) is 20.0. The second-order valence-corrected chi connectivity index (χ2v) is 8.79. The molecule has 8 heteroatoms. The van der Waals surface area contributed by atoms with Gasteiger partial charge in [-0.1, -0.05) is 48.0 Å². The van der Waals surface area contributed by atoms with Crippen LogP contribution in [0.3, 0.4) is 0 Å². The van der Waals surface area contributed by atoms with Crippen molar-refractivity contribution in [2.75, 3.05) is 23.1 Å². The van der Waals surface area contributed by atoms with Crippen LogP contribution in [0.2, 0.25) is 5.02 Å². The van der Waals surface area contributed by atoms with E-state index in [0.29, 0.717) is 28.6 Å². The van der Waals surface area contributed by atoms with Crippen LogP contribution in [0.15, 0.2) is 97.1 Å². The van der Waals surface area contributed by atoms with E-state index in [1.54, 1.807) is 31.4 Å². The molecule has 0 aliphatic carbocycles. The van der Waals surface area contributed by atoms with Crippen molar-refractivity contribution in [1.82, 2.24) is 10.2 Å². The summed E-state index contributed by atoms with van der Waals surface area (Å²) in [6, 6.07) is 30.0. The fourth-order valence-electron chi connectivity index (χ4n) is 3.92. The molecule has 5 aromatic rings. The fraction of sp³-hybridized carbons (Fsp3) is 0.0690. The third kappa shape index (κ3) is 5.97. The van der Waals surface area contributed by atoms with Gasteiger partial charge in [-0.25, -0.2) is 4.79 Å². The molecule has 3 N–H and O–H groups in total. The molecule has 0 saturated heterocycles. The summed E-state index contributed by atoms with van der Waals surface area (Å²) in [5.41, 5.74) is 4.16. The van der Waals surface area contributed by atoms with E-state index in [9.17, 15) is 4.79 Å². The van der Waals surface area contributed by atoms with E-state index in [2.05, 4.69) is 32.2 Å². The third-order valence-electron chi connectivity index (χ3n) is 5.80. The predicted molar refractivity (Wildman–Crippen MR) is 149 cm³/mol. The summed E-state index contributed by atoms with van der Waals surface area (Å²) >= 11 is 5.89. The smallest absolute Gasteiger partial charge is 0.323 e. The number of aromatic nitrogens is 2. The average Bonchev–Trinajstić information content (AvgIpc) is 2.93. The summed E-state index contributed by atoms with van der Waals surface area (Å²) in [6.07, 6.45) is 0.663. The van der Waals surface area contributed by atoms with Gasteiger partial charge in [0.15, 0.2) is 5.82 Å². The Morgan fingerprint density at radius 2 is 1.35 bits per heavy atom. The number of rotatable bonds is 7. The molecule has 2 amide bonds. The van der Waals surface area contributed by atoms with Crippen molar-refractivity contribution < 1.29 is 9.53 Å². The van der Waals surface area contributed by atoms with Gasteiger partial charge in [0.2, 0.25) is 0 Å². The highest BCUT2D eigenvalue weighted by Crippen LogP contribution is 2.28. The normalized spacial score (nSPS) is 10.6. The van der Waals surface area contributed by atoms with Crippen LogP contribution in [0.25, 0.3) is 10.8 Å². The fourth-order valence-corrected chi connectivity index (χ4v) is 4.05. The van der Waals surface area contributed by atoms with Crippen LogP contribution >= 0.6 is 11.6 Å². The Morgan fingerprint density at radius 1 is 0.757 bits per heavy atom. The lowest BCUT2D eigenvalue weighted by atomic mass is 10.0. The first kappa shape index (κ1) is 24.1. The van der Waals surface area contributed by atoms with E-state index < -0.39 is 0 Å². The number of ether oxygens (including phenoxy) is 1. The van der Waals surface area contributed by atoms with Gasteiger partial charge in [-0.05, 0) is 66.2 Å². The van der Waals surface area contributed by atoms with Crippen molar-refractivity contribution in [2.24, 2.45) is 0 Å². The maximum Gasteiger partial charge on any atom is 0.323 e. The number of nitrogens with one attached hydrogen (secondary N) is 3. The number of fused-ring (bicyclic) bond motifs is 1. The van der Waals surface area contributed by atoms with Crippen molar-refractivity contribution in [3.05, 3.63) is 113 Å². The van der Waals surface area contributed by atoms with Gasteiger partial charge in [0.05, 0.1) is 12.8 Å². The SMILES string of the molecule is COc1ccc(Cc2nnc(Nc3ccc(NC(=O)Nc4ccc(Cl)cc4)cc3)c3ccccc23)cc1. The summed E-state index contributed by atoms with van der Waals surface area (Å²) in [7, 11) is 1.66. The number of anilines is 4.